The van der Waals surface area contributed by atoms with Crippen molar-refractivity contribution < 1.29 is 9.59 Å². The second-order valence-corrected chi connectivity index (χ2v) is 8.37. The SMILES string of the molecule is Cc1ccc(C2=C(Nc3cc(C)ccc3C)C(=O)N(c3cc(Cl)ccc3C)C2=O)cc1. The zero-order chi connectivity index (χ0) is 22.3. The van der Waals surface area contributed by atoms with E-state index >= 15 is 0 Å². The molecule has 2 amide bonds. The van der Waals surface area contributed by atoms with Crippen LogP contribution in [0, 0.1) is 27.7 Å². The van der Waals surface area contributed by atoms with E-state index in [0.29, 0.717) is 21.8 Å². The van der Waals surface area contributed by atoms with Crippen molar-refractivity contribution in [3.8, 4) is 0 Å². The smallest absolute Gasteiger partial charge is 0.282 e. The van der Waals surface area contributed by atoms with Gasteiger partial charge in [-0.3, -0.25) is 9.59 Å². The molecule has 156 valence electrons. The fourth-order valence-corrected chi connectivity index (χ4v) is 3.85. The van der Waals surface area contributed by atoms with E-state index in [9.17, 15) is 9.59 Å². The van der Waals surface area contributed by atoms with Gasteiger partial charge in [-0.1, -0.05) is 59.6 Å². The van der Waals surface area contributed by atoms with Crippen molar-refractivity contribution in [2.75, 3.05) is 10.2 Å². The largest absolute Gasteiger partial charge is 0.350 e. The van der Waals surface area contributed by atoms with Crippen LogP contribution in [0.3, 0.4) is 0 Å². The molecule has 0 aliphatic carbocycles. The molecule has 0 saturated heterocycles. The lowest BCUT2D eigenvalue weighted by atomic mass is 10.0. The van der Waals surface area contributed by atoms with Gasteiger partial charge < -0.3 is 5.32 Å². The summed E-state index contributed by atoms with van der Waals surface area (Å²) in [6.07, 6.45) is 0. The van der Waals surface area contributed by atoms with E-state index in [0.717, 1.165) is 27.9 Å². The van der Waals surface area contributed by atoms with Crippen molar-refractivity contribution in [1.82, 2.24) is 0 Å². The molecular formula is C26H23ClN2O2. The molecule has 1 N–H and O–H groups in total. The van der Waals surface area contributed by atoms with Crippen LogP contribution in [0.15, 0.2) is 66.4 Å². The minimum absolute atomic E-state index is 0.266. The molecule has 5 heteroatoms. The molecule has 0 unspecified atom stereocenters. The Hall–Kier alpha value is -3.37. The maximum Gasteiger partial charge on any atom is 0.282 e. The van der Waals surface area contributed by atoms with E-state index in [4.69, 9.17) is 11.6 Å². The summed E-state index contributed by atoms with van der Waals surface area (Å²) in [6.45, 7) is 7.79. The molecule has 0 atom stereocenters. The standard InChI is InChI=1S/C26H23ClN2O2/c1-15-6-10-19(11-7-15)23-24(28-21-13-16(2)5-8-17(21)3)26(31)29(25(23)30)22-14-20(27)12-9-18(22)4/h5-14,28H,1-4H3. The number of nitrogens with one attached hydrogen (secondary N) is 1. The lowest BCUT2D eigenvalue weighted by Gasteiger charge is -2.18. The zero-order valence-electron chi connectivity index (χ0n) is 17.9. The Bertz CT molecular complexity index is 1240. The highest BCUT2D eigenvalue weighted by Gasteiger charge is 2.41. The molecule has 31 heavy (non-hydrogen) atoms. The number of benzene rings is 3. The molecule has 0 aromatic heterocycles. The average molecular weight is 431 g/mol. The Morgan fingerprint density at radius 2 is 1.39 bits per heavy atom. The third-order valence-electron chi connectivity index (χ3n) is 5.49. The van der Waals surface area contributed by atoms with Gasteiger partial charge in [0.05, 0.1) is 11.3 Å². The first kappa shape index (κ1) is 20.9. The van der Waals surface area contributed by atoms with Crippen molar-refractivity contribution >= 4 is 40.4 Å². The number of imide groups is 1. The summed E-state index contributed by atoms with van der Waals surface area (Å²) in [6, 6.07) is 18.8. The van der Waals surface area contributed by atoms with E-state index in [1.165, 1.54) is 4.90 Å². The zero-order valence-corrected chi connectivity index (χ0v) is 18.7. The van der Waals surface area contributed by atoms with Crippen LogP contribution < -0.4 is 10.2 Å². The first-order valence-electron chi connectivity index (χ1n) is 10.1. The topological polar surface area (TPSA) is 49.4 Å². The van der Waals surface area contributed by atoms with Crippen molar-refractivity contribution in [2.24, 2.45) is 0 Å². The van der Waals surface area contributed by atoms with Crippen LogP contribution in [0.4, 0.5) is 11.4 Å². The van der Waals surface area contributed by atoms with Gasteiger partial charge in [0, 0.05) is 10.7 Å². The predicted molar refractivity (Wildman–Crippen MR) is 126 cm³/mol. The third-order valence-corrected chi connectivity index (χ3v) is 5.72. The van der Waals surface area contributed by atoms with Crippen LogP contribution in [0.25, 0.3) is 5.57 Å². The molecule has 4 rings (SSSR count). The van der Waals surface area contributed by atoms with Crippen LogP contribution in [0.2, 0.25) is 5.02 Å². The number of carbonyl (C=O) groups excluding carboxylic acids is 2. The number of anilines is 2. The van der Waals surface area contributed by atoms with Crippen molar-refractivity contribution in [1.29, 1.82) is 0 Å². The second-order valence-electron chi connectivity index (χ2n) is 7.94. The van der Waals surface area contributed by atoms with Crippen LogP contribution in [-0.2, 0) is 9.59 Å². The Morgan fingerprint density at radius 1 is 0.742 bits per heavy atom. The Balaban J connectivity index is 1.88. The van der Waals surface area contributed by atoms with E-state index in [1.54, 1.807) is 18.2 Å². The van der Waals surface area contributed by atoms with Crippen LogP contribution in [-0.4, -0.2) is 11.8 Å². The quantitative estimate of drug-likeness (QED) is 0.518. The lowest BCUT2D eigenvalue weighted by Crippen LogP contribution is -2.33. The van der Waals surface area contributed by atoms with Crippen molar-refractivity contribution in [3.05, 3.63) is 99.2 Å². The molecule has 0 saturated carbocycles. The fourth-order valence-electron chi connectivity index (χ4n) is 3.68. The first-order chi connectivity index (χ1) is 14.8. The summed E-state index contributed by atoms with van der Waals surface area (Å²) in [5, 5.41) is 3.73. The molecule has 0 fully saturated rings. The highest BCUT2D eigenvalue weighted by atomic mass is 35.5. The van der Waals surface area contributed by atoms with Crippen LogP contribution >= 0.6 is 11.6 Å². The van der Waals surface area contributed by atoms with Crippen molar-refractivity contribution in [2.45, 2.75) is 27.7 Å². The van der Waals surface area contributed by atoms with E-state index in [1.807, 2.05) is 70.2 Å². The van der Waals surface area contributed by atoms with E-state index in [2.05, 4.69) is 5.32 Å². The molecule has 0 radical (unpaired) electrons. The molecule has 3 aromatic rings. The molecule has 0 bridgehead atoms. The molecule has 1 aliphatic heterocycles. The predicted octanol–water partition coefficient (Wildman–Crippen LogP) is 5.97. The number of aryl methyl sites for hydroxylation is 4. The summed E-state index contributed by atoms with van der Waals surface area (Å²) in [7, 11) is 0. The lowest BCUT2D eigenvalue weighted by molar-refractivity contribution is -0.120. The highest BCUT2D eigenvalue weighted by molar-refractivity contribution is 6.46. The van der Waals surface area contributed by atoms with Gasteiger partial charge in [-0.15, -0.1) is 0 Å². The monoisotopic (exact) mass is 430 g/mol. The molecule has 4 nitrogen and oxygen atoms in total. The van der Waals surface area contributed by atoms with Gasteiger partial charge >= 0.3 is 0 Å². The van der Waals surface area contributed by atoms with Crippen LogP contribution in [0.5, 0.6) is 0 Å². The number of carbonyl (C=O) groups is 2. The molecule has 3 aromatic carbocycles. The summed E-state index contributed by atoms with van der Waals surface area (Å²) in [4.78, 5) is 28.4. The molecular weight excluding hydrogens is 408 g/mol. The van der Waals surface area contributed by atoms with Gasteiger partial charge in [0.25, 0.3) is 11.8 Å². The van der Waals surface area contributed by atoms with E-state index < -0.39 is 5.91 Å². The maximum atomic E-state index is 13.6. The number of nitrogens with zero attached hydrogens (tertiary/aromatic N) is 1. The average Bonchev–Trinajstić information content (AvgIpc) is 2.97. The Morgan fingerprint density at radius 3 is 2.10 bits per heavy atom. The van der Waals surface area contributed by atoms with Gasteiger partial charge in [0.2, 0.25) is 0 Å². The molecule has 1 heterocycles. The fraction of sp³-hybridized carbons (Fsp3) is 0.154. The van der Waals surface area contributed by atoms with E-state index in [-0.39, 0.29) is 11.6 Å². The number of hydrogen-bond acceptors (Lipinski definition) is 3. The minimum atomic E-state index is -0.396. The Kier molecular flexibility index (Phi) is 5.42. The number of halogens is 1. The van der Waals surface area contributed by atoms with Crippen LogP contribution in [0.1, 0.15) is 27.8 Å². The second kappa shape index (κ2) is 8.05. The first-order valence-corrected chi connectivity index (χ1v) is 10.4. The summed E-state index contributed by atoms with van der Waals surface area (Å²) in [5.74, 6) is -0.765. The van der Waals surface area contributed by atoms with Gasteiger partial charge in [-0.2, -0.15) is 0 Å². The van der Waals surface area contributed by atoms with Gasteiger partial charge in [0.15, 0.2) is 0 Å². The molecule has 0 spiro atoms. The third kappa shape index (κ3) is 3.87. The normalized spacial score (nSPS) is 13.9. The Labute approximate surface area is 187 Å². The highest BCUT2D eigenvalue weighted by Crippen LogP contribution is 2.36. The number of rotatable bonds is 4. The summed E-state index contributed by atoms with van der Waals surface area (Å²) >= 11 is 6.19. The molecule has 1 aliphatic rings. The van der Waals surface area contributed by atoms with Crippen molar-refractivity contribution in [3.63, 3.8) is 0 Å². The number of hydrogen-bond donors (Lipinski definition) is 1. The summed E-state index contributed by atoms with van der Waals surface area (Å²) in [5.41, 5.74) is 6.51. The minimum Gasteiger partial charge on any atom is -0.350 e. The number of amides is 2. The summed E-state index contributed by atoms with van der Waals surface area (Å²) < 4.78 is 0. The van der Waals surface area contributed by atoms with Gasteiger partial charge in [-0.25, -0.2) is 4.90 Å². The van der Waals surface area contributed by atoms with Gasteiger partial charge in [0.1, 0.15) is 5.70 Å². The van der Waals surface area contributed by atoms with Gasteiger partial charge in [-0.05, 0) is 68.1 Å². The maximum absolute atomic E-state index is 13.6.